The third-order valence-corrected chi connectivity index (χ3v) is 20.7. The van der Waals surface area contributed by atoms with Crippen LogP contribution in [-0.2, 0) is 104 Å². The number of amides is 8. The first kappa shape index (κ1) is 87.2. The van der Waals surface area contributed by atoms with Crippen LogP contribution in [0, 0.1) is 41.4 Å². The van der Waals surface area contributed by atoms with Crippen LogP contribution in [0.5, 0.6) is 0 Å². The number of ether oxygens (including phenoxy) is 4. The fourth-order valence-electron chi connectivity index (χ4n) is 14.4. The molecule has 0 bridgehead atoms. The number of hydrogen-bond donors (Lipinski definition) is 4. The molecule has 3 aromatic rings. The lowest BCUT2D eigenvalue weighted by atomic mass is 9.83. The first-order valence-electron chi connectivity index (χ1n) is 37.4. The van der Waals surface area contributed by atoms with Crippen LogP contribution in [-0.4, -0.2) is 194 Å². The van der Waals surface area contributed by atoms with Crippen LogP contribution in [0.4, 0.5) is 4.79 Å². The molecule has 2 heterocycles. The fourth-order valence-corrected chi connectivity index (χ4v) is 14.4. The van der Waals surface area contributed by atoms with Crippen LogP contribution in [0.1, 0.15) is 167 Å². The van der Waals surface area contributed by atoms with Gasteiger partial charge >= 0.3 is 18.0 Å². The number of benzene rings is 3. The molecule has 578 valence electrons. The van der Waals surface area contributed by atoms with Gasteiger partial charge in [0.15, 0.2) is 11.6 Å². The number of nitrogens with one attached hydrogen (secondary N) is 3. The summed E-state index contributed by atoms with van der Waals surface area (Å²) in [6, 6.07) is 20.0. The Labute approximate surface area is 621 Å². The summed E-state index contributed by atoms with van der Waals surface area (Å²) in [5, 5.41) is 8.28. The Morgan fingerprint density at radius 3 is 1.84 bits per heavy atom. The van der Waals surface area contributed by atoms with Crippen molar-refractivity contribution >= 4 is 70.8 Å². The Hall–Kier alpha value is -8.48. The number of nitrogens with two attached hydrogens (primary N) is 1. The van der Waals surface area contributed by atoms with Gasteiger partial charge in [0.1, 0.15) is 18.4 Å². The molecule has 24 heteroatoms. The fraction of sp³-hybridized carbons (Fsp3) is 0.605. The van der Waals surface area contributed by atoms with E-state index in [0.717, 1.165) is 21.6 Å². The molecule has 0 saturated carbocycles. The number of Topliss-reactive ketones (excluding diaryl/α,β-unsaturated/α-hetero) is 3. The summed E-state index contributed by atoms with van der Waals surface area (Å²) in [6.07, 6.45) is 6.30. The summed E-state index contributed by atoms with van der Waals surface area (Å²) in [4.78, 5) is 167. The van der Waals surface area contributed by atoms with E-state index in [1.807, 2.05) is 122 Å². The number of primary amides is 1. The number of nitrogens with zero attached hydrogens (tertiary/aromatic N) is 4. The maximum Gasteiger partial charge on any atom is 0.328 e. The SMILES string of the molecule is CC[C@H](C)[C@@H]([C@@H](CC(=O)N1CCC[C@H]1[C@H](OC)[C@@H](C)C(=O)N[C@@H](Cc1ccccc1)C(=O)OC)OC)N(C)C(=O)[C@@H](CC(=O)[C@H](C(C)C)N(C)CCc1ccc(CC(=O)OCc2ccc(CC(=O)[C@H](CCCNC(N)=O)NC(=O)[C@@H](CC(=O)CCCCCN3C(=O)C=CC3=O)C(C)C)cc2)cc1)C(C)C. The lowest BCUT2D eigenvalue weighted by molar-refractivity contribution is -0.150. The molecule has 8 amide bonds. The summed E-state index contributed by atoms with van der Waals surface area (Å²) in [5.74, 6) is -6.08. The van der Waals surface area contributed by atoms with Gasteiger partial charge in [0.2, 0.25) is 23.6 Å². The molecule has 5 rings (SSSR count). The average Bonchev–Trinajstić information content (AvgIpc) is 1.50. The zero-order valence-corrected chi connectivity index (χ0v) is 64.5. The van der Waals surface area contributed by atoms with Crippen molar-refractivity contribution in [3.05, 3.63) is 119 Å². The van der Waals surface area contributed by atoms with E-state index in [-0.39, 0.29) is 136 Å². The Kier molecular flexibility index (Phi) is 36.4. The molecule has 2 aliphatic heterocycles. The number of unbranched alkanes of at least 4 members (excludes halogenated alkanes) is 2. The normalized spacial score (nSPS) is 16.6. The number of likely N-dealkylation sites (tertiary alicyclic amines) is 1. The zero-order chi connectivity index (χ0) is 77.6. The molecular weight excluding hydrogens is 1340 g/mol. The van der Waals surface area contributed by atoms with Crippen LogP contribution in [0.3, 0.4) is 0 Å². The van der Waals surface area contributed by atoms with E-state index in [4.69, 9.17) is 24.7 Å². The van der Waals surface area contributed by atoms with Crippen molar-refractivity contribution in [2.24, 2.45) is 47.2 Å². The van der Waals surface area contributed by atoms with Gasteiger partial charge in [-0.2, -0.15) is 0 Å². The van der Waals surface area contributed by atoms with Gasteiger partial charge in [-0.25, -0.2) is 9.59 Å². The molecule has 24 nitrogen and oxygen atoms in total. The molecule has 1 saturated heterocycles. The summed E-state index contributed by atoms with van der Waals surface area (Å²) >= 11 is 0. The molecule has 3 aromatic carbocycles. The summed E-state index contributed by atoms with van der Waals surface area (Å²) in [5.41, 5.74) is 9.23. The van der Waals surface area contributed by atoms with Gasteiger partial charge in [-0.05, 0) is 103 Å². The van der Waals surface area contributed by atoms with Crippen molar-refractivity contribution in [3.8, 4) is 0 Å². The standard InChI is InChI=1S/C81H118N8O16/c1-15-54(8)75(69(102-12)49-72(95)88-42-23-28-66(88)76(103-13)55(9)77(97)85-65(80(100)104-14)44-57-24-18-16-19-25-57)87(11)79(99)63(52(4)5)48-68(92)74(53(6)7)86(10)43-39-56-29-31-59(32-30-56)46-73(96)105-50-60-35-33-58(34-36-60)45-67(91)64(27-22-40-83-81(82)101)84-78(98)62(51(2)3)47-61(90)26-20-17-21-41-89-70(93)37-38-71(89)94/h16,18-19,24-25,29-38,51-55,62-66,69,74-76H,15,17,20-23,26-28,39-50H2,1-14H3,(H,84,98)(H,85,97)(H3,82,83,101)/t54-,55+,62-,63-,64-,65-,66-,69+,74-,75-,76+/m0/s1. The maximum absolute atomic E-state index is 14.9. The summed E-state index contributed by atoms with van der Waals surface area (Å²) in [7, 11) is 8.00. The second kappa shape index (κ2) is 43.8. The molecular formula is C81H118N8O16. The Bertz CT molecular complexity index is 3380. The first-order valence-corrected chi connectivity index (χ1v) is 37.4. The van der Waals surface area contributed by atoms with Crippen molar-refractivity contribution in [2.75, 3.05) is 61.6 Å². The minimum absolute atomic E-state index is 0.00744. The molecule has 0 radical (unpaired) electrons. The van der Waals surface area contributed by atoms with Gasteiger partial charge in [-0.1, -0.05) is 154 Å². The second-order valence-electron chi connectivity index (χ2n) is 29.5. The minimum Gasteiger partial charge on any atom is -0.467 e. The highest BCUT2D eigenvalue weighted by molar-refractivity contribution is 6.12. The summed E-state index contributed by atoms with van der Waals surface area (Å²) in [6.45, 7) is 18.8. The maximum atomic E-state index is 14.9. The van der Waals surface area contributed by atoms with E-state index in [1.54, 1.807) is 55.1 Å². The lowest BCUT2D eigenvalue weighted by Crippen LogP contribution is -2.55. The van der Waals surface area contributed by atoms with Gasteiger partial charge in [0.25, 0.3) is 11.8 Å². The molecule has 5 N–H and O–H groups in total. The zero-order valence-electron chi connectivity index (χ0n) is 64.5. The average molecular weight is 1460 g/mol. The second-order valence-corrected chi connectivity index (χ2v) is 29.5. The van der Waals surface area contributed by atoms with Crippen molar-refractivity contribution in [2.45, 2.75) is 214 Å². The van der Waals surface area contributed by atoms with Crippen molar-refractivity contribution in [3.63, 3.8) is 0 Å². The smallest absolute Gasteiger partial charge is 0.328 e. The van der Waals surface area contributed by atoms with E-state index in [1.165, 1.54) is 26.4 Å². The van der Waals surface area contributed by atoms with E-state index in [2.05, 4.69) is 16.0 Å². The number of rotatable bonds is 47. The predicted octanol–water partition coefficient (Wildman–Crippen LogP) is 8.29. The van der Waals surface area contributed by atoms with Gasteiger partial charge in [-0.15, -0.1) is 0 Å². The highest BCUT2D eigenvalue weighted by Gasteiger charge is 2.44. The Balaban J connectivity index is 1.12. The summed E-state index contributed by atoms with van der Waals surface area (Å²) < 4.78 is 22.9. The van der Waals surface area contributed by atoms with E-state index >= 15 is 0 Å². The molecule has 11 atom stereocenters. The third kappa shape index (κ3) is 27.1. The van der Waals surface area contributed by atoms with Crippen molar-refractivity contribution in [1.29, 1.82) is 0 Å². The van der Waals surface area contributed by atoms with E-state index < -0.39 is 90.0 Å². The first-order chi connectivity index (χ1) is 49.9. The number of imide groups is 1. The van der Waals surface area contributed by atoms with E-state index in [9.17, 15) is 57.5 Å². The molecule has 0 aliphatic carbocycles. The molecule has 0 aromatic heterocycles. The molecule has 2 aliphatic rings. The number of ketones is 3. The number of likely N-dealkylation sites (N-methyl/N-ethyl adjacent to an activating group) is 2. The minimum atomic E-state index is -0.934. The van der Waals surface area contributed by atoms with Crippen LogP contribution < -0.4 is 21.7 Å². The number of esters is 2. The van der Waals surface area contributed by atoms with Crippen molar-refractivity contribution < 1.29 is 76.5 Å². The monoisotopic (exact) mass is 1460 g/mol. The van der Waals surface area contributed by atoms with Gasteiger partial charge < -0.3 is 50.4 Å². The van der Waals surface area contributed by atoms with Crippen LogP contribution in [0.25, 0.3) is 0 Å². The van der Waals surface area contributed by atoms with Gasteiger partial charge in [0.05, 0.1) is 62.2 Å². The topological polar surface area (TPSA) is 317 Å². The molecule has 105 heavy (non-hydrogen) atoms. The third-order valence-electron chi connectivity index (χ3n) is 20.7. The highest BCUT2D eigenvalue weighted by Crippen LogP contribution is 2.32. The van der Waals surface area contributed by atoms with Crippen LogP contribution in [0.15, 0.2) is 91.0 Å². The molecule has 1 fully saturated rings. The quantitative estimate of drug-likeness (QED) is 0.0235. The van der Waals surface area contributed by atoms with Gasteiger partial charge in [0, 0.05) is 104 Å². The predicted molar refractivity (Wildman–Crippen MR) is 399 cm³/mol. The van der Waals surface area contributed by atoms with Crippen LogP contribution >= 0.6 is 0 Å². The number of methoxy groups -OCH3 is 3. The number of hydrogen-bond acceptors (Lipinski definition) is 17. The van der Waals surface area contributed by atoms with Gasteiger partial charge in [-0.3, -0.25) is 57.7 Å². The largest absolute Gasteiger partial charge is 0.467 e. The van der Waals surface area contributed by atoms with Crippen LogP contribution in [0.2, 0.25) is 0 Å². The lowest BCUT2D eigenvalue weighted by Gasteiger charge is -2.41. The Morgan fingerprint density at radius 2 is 1.26 bits per heavy atom. The molecule has 0 spiro atoms. The molecule has 0 unspecified atom stereocenters. The number of carbonyl (C=O) groups excluding carboxylic acids is 12. The highest BCUT2D eigenvalue weighted by atomic mass is 16.5. The van der Waals surface area contributed by atoms with Crippen molar-refractivity contribution in [1.82, 2.24) is 35.6 Å². The number of carbonyl (C=O) groups is 12. The Morgan fingerprint density at radius 1 is 0.648 bits per heavy atom. The number of urea groups is 1. The van der Waals surface area contributed by atoms with E-state index in [0.29, 0.717) is 75.6 Å².